The topological polar surface area (TPSA) is 29.3 Å². The van der Waals surface area contributed by atoms with Gasteiger partial charge in [-0.15, -0.1) is 17.0 Å². The highest BCUT2D eigenvalue weighted by Gasteiger charge is 1.85. The lowest BCUT2D eigenvalue weighted by Crippen LogP contribution is -2.25. The second-order valence-electron chi connectivity index (χ2n) is 1.77. The fourth-order valence-electron chi connectivity index (χ4n) is 0.432. The Morgan fingerprint density at radius 2 is 2.22 bits per heavy atom. The number of hydrogen-bond donors (Lipinski definition) is 1. The van der Waals surface area contributed by atoms with Crippen LogP contribution < -0.4 is 5.84 Å². The quantitative estimate of drug-likeness (QED) is 0.546. The van der Waals surface area contributed by atoms with E-state index in [1.807, 2.05) is 0 Å². The van der Waals surface area contributed by atoms with Crippen LogP contribution in [0.15, 0.2) is 12.8 Å². The highest BCUT2D eigenvalue weighted by molar-refractivity contribution is 8.93. The van der Waals surface area contributed by atoms with Gasteiger partial charge in [0.2, 0.25) is 0 Å². The smallest absolute Gasteiger partial charge is 0.0334 e. The molecule has 0 bridgehead atoms. The predicted octanol–water partition coefficient (Wildman–Crippen LogP) is 1.68. The summed E-state index contributed by atoms with van der Waals surface area (Å²) in [6.07, 6.45) is 3.96. The summed E-state index contributed by atoms with van der Waals surface area (Å²) in [4.78, 5) is 0. The lowest BCUT2D eigenvalue weighted by atomic mass is 10.3. The summed E-state index contributed by atoms with van der Waals surface area (Å²) in [5.41, 5.74) is 0. The van der Waals surface area contributed by atoms with Crippen molar-refractivity contribution in [2.45, 2.75) is 19.8 Å². The van der Waals surface area contributed by atoms with Gasteiger partial charge in [-0.1, -0.05) is 19.9 Å². The van der Waals surface area contributed by atoms with Gasteiger partial charge in [-0.3, -0.25) is 0 Å². The molecule has 0 fully saturated rings. The molecule has 0 unspecified atom stereocenters. The molecular weight excluding hydrogens is 180 g/mol. The first-order valence-corrected chi connectivity index (χ1v) is 2.95. The molecule has 0 saturated carbocycles. The van der Waals surface area contributed by atoms with Gasteiger partial charge in [0.25, 0.3) is 0 Å². The first-order chi connectivity index (χ1) is 3.81. The maximum Gasteiger partial charge on any atom is 0.0334 e. The third kappa shape index (κ3) is 7.98. The van der Waals surface area contributed by atoms with Crippen LogP contribution in [0.1, 0.15) is 19.8 Å². The summed E-state index contributed by atoms with van der Waals surface area (Å²) < 4.78 is 0. The number of nitrogens with zero attached hydrogens (tertiary/aromatic N) is 1. The van der Waals surface area contributed by atoms with E-state index in [1.54, 1.807) is 11.2 Å². The predicted molar refractivity (Wildman–Crippen MR) is 46.3 cm³/mol. The van der Waals surface area contributed by atoms with Crippen LogP contribution in [0, 0.1) is 0 Å². The van der Waals surface area contributed by atoms with Crippen molar-refractivity contribution in [3.8, 4) is 0 Å². The Morgan fingerprint density at radius 1 is 1.67 bits per heavy atom. The van der Waals surface area contributed by atoms with Crippen LogP contribution in [0.4, 0.5) is 0 Å². The molecule has 3 heteroatoms. The Bertz CT molecular complexity index is 66.1. The van der Waals surface area contributed by atoms with E-state index in [-0.39, 0.29) is 17.0 Å². The van der Waals surface area contributed by atoms with E-state index in [0.717, 1.165) is 13.0 Å². The summed E-state index contributed by atoms with van der Waals surface area (Å²) >= 11 is 0. The number of nitrogens with two attached hydrogens (primary N) is 1. The van der Waals surface area contributed by atoms with E-state index >= 15 is 0 Å². The molecule has 2 nitrogen and oxygen atoms in total. The summed E-state index contributed by atoms with van der Waals surface area (Å²) in [5.74, 6) is 5.37. The van der Waals surface area contributed by atoms with Crippen LogP contribution in [-0.2, 0) is 0 Å². The zero-order chi connectivity index (χ0) is 6.41. The van der Waals surface area contributed by atoms with E-state index in [9.17, 15) is 0 Å². The normalized spacial score (nSPS) is 7.78. The van der Waals surface area contributed by atoms with Gasteiger partial charge in [0, 0.05) is 12.7 Å². The molecule has 0 aromatic carbocycles. The largest absolute Gasteiger partial charge is 0.319 e. The third-order valence-corrected chi connectivity index (χ3v) is 1.00. The molecule has 0 spiro atoms. The highest BCUT2D eigenvalue weighted by atomic mass is 79.9. The number of unbranched alkanes of at least 4 members (excludes halogenated alkanes) is 1. The van der Waals surface area contributed by atoms with Crippen LogP contribution in [0.3, 0.4) is 0 Å². The van der Waals surface area contributed by atoms with Crippen molar-refractivity contribution in [2.75, 3.05) is 6.54 Å². The van der Waals surface area contributed by atoms with Gasteiger partial charge in [-0.05, 0) is 6.42 Å². The van der Waals surface area contributed by atoms with Crippen LogP contribution in [-0.4, -0.2) is 11.6 Å². The molecule has 2 N–H and O–H groups in total. The minimum Gasteiger partial charge on any atom is -0.319 e. The van der Waals surface area contributed by atoms with Crippen molar-refractivity contribution in [1.82, 2.24) is 5.01 Å². The van der Waals surface area contributed by atoms with Crippen LogP contribution in [0.25, 0.3) is 0 Å². The Hall–Kier alpha value is -0.0200. The first-order valence-electron chi connectivity index (χ1n) is 2.95. The van der Waals surface area contributed by atoms with Crippen molar-refractivity contribution in [3.63, 3.8) is 0 Å². The van der Waals surface area contributed by atoms with E-state index in [1.165, 1.54) is 6.42 Å². The Labute approximate surface area is 67.5 Å². The number of halogens is 1. The van der Waals surface area contributed by atoms with Gasteiger partial charge in [-0.2, -0.15) is 0 Å². The van der Waals surface area contributed by atoms with Gasteiger partial charge in [0.1, 0.15) is 0 Å². The summed E-state index contributed by atoms with van der Waals surface area (Å²) in [6, 6.07) is 0. The average Bonchev–Trinajstić information content (AvgIpc) is 1.83. The molecule has 0 rings (SSSR count). The second kappa shape index (κ2) is 7.98. The monoisotopic (exact) mass is 194 g/mol. The molecule has 56 valence electrons. The minimum atomic E-state index is 0. The van der Waals surface area contributed by atoms with E-state index in [2.05, 4.69) is 13.5 Å². The van der Waals surface area contributed by atoms with Crippen LogP contribution in [0.2, 0.25) is 0 Å². The molecule has 0 atom stereocenters. The third-order valence-electron chi connectivity index (χ3n) is 1.00. The van der Waals surface area contributed by atoms with E-state index in [4.69, 9.17) is 5.84 Å². The van der Waals surface area contributed by atoms with Gasteiger partial charge < -0.3 is 5.01 Å². The summed E-state index contributed by atoms with van der Waals surface area (Å²) in [6.45, 7) is 6.57. The Kier molecular flexibility index (Phi) is 10.4. The number of hydrazine groups is 1. The fraction of sp³-hybridized carbons (Fsp3) is 0.667. The Morgan fingerprint density at radius 3 is 2.56 bits per heavy atom. The van der Waals surface area contributed by atoms with E-state index < -0.39 is 0 Å². The molecule has 0 radical (unpaired) electrons. The lowest BCUT2D eigenvalue weighted by Gasteiger charge is -2.10. The maximum absolute atomic E-state index is 5.37. The molecule has 9 heavy (non-hydrogen) atoms. The average molecular weight is 195 g/mol. The van der Waals surface area contributed by atoms with Gasteiger partial charge in [0.15, 0.2) is 0 Å². The second-order valence-corrected chi connectivity index (χ2v) is 1.77. The van der Waals surface area contributed by atoms with Gasteiger partial charge >= 0.3 is 0 Å². The molecule has 0 aliphatic rings. The van der Waals surface area contributed by atoms with Gasteiger partial charge in [-0.25, -0.2) is 5.84 Å². The standard InChI is InChI=1S/C6H14N2.BrH/c1-3-5-6-8(7)4-2;/h4H,2-3,5-7H2,1H3;1H. The summed E-state index contributed by atoms with van der Waals surface area (Å²) in [7, 11) is 0. The Balaban J connectivity index is 0. The SMILES string of the molecule is Br.C=CN(N)CCCC. The molecule has 0 aliphatic heterocycles. The van der Waals surface area contributed by atoms with Gasteiger partial charge in [0.05, 0.1) is 0 Å². The number of hydrogen-bond acceptors (Lipinski definition) is 2. The first kappa shape index (κ1) is 11.7. The van der Waals surface area contributed by atoms with E-state index in [0.29, 0.717) is 0 Å². The zero-order valence-electron chi connectivity index (χ0n) is 5.84. The van der Waals surface area contributed by atoms with Crippen molar-refractivity contribution >= 4 is 17.0 Å². The summed E-state index contributed by atoms with van der Waals surface area (Å²) in [5, 5.41) is 1.60. The molecule has 0 heterocycles. The molecule has 0 aromatic rings. The molecule has 0 amide bonds. The van der Waals surface area contributed by atoms with Crippen molar-refractivity contribution < 1.29 is 0 Å². The van der Waals surface area contributed by atoms with Crippen molar-refractivity contribution in [2.24, 2.45) is 5.84 Å². The van der Waals surface area contributed by atoms with Crippen LogP contribution in [0.5, 0.6) is 0 Å². The maximum atomic E-state index is 5.37. The molecule has 0 aliphatic carbocycles. The molecule has 0 aromatic heterocycles. The molecule has 0 saturated heterocycles. The zero-order valence-corrected chi connectivity index (χ0v) is 7.55. The van der Waals surface area contributed by atoms with Crippen LogP contribution >= 0.6 is 17.0 Å². The van der Waals surface area contributed by atoms with Crippen molar-refractivity contribution in [3.05, 3.63) is 12.8 Å². The minimum absolute atomic E-state index is 0. The lowest BCUT2D eigenvalue weighted by molar-refractivity contribution is 0.385. The fourth-order valence-corrected chi connectivity index (χ4v) is 0.432. The number of rotatable bonds is 4. The van der Waals surface area contributed by atoms with Crippen molar-refractivity contribution in [1.29, 1.82) is 0 Å². The highest BCUT2D eigenvalue weighted by Crippen LogP contribution is 1.87. The molecular formula is C6H15BrN2.